The van der Waals surface area contributed by atoms with Crippen molar-refractivity contribution in [1.82, 2.24) is 10.3 Å². The summed E-state index contributed by atoms with van der Waals surface area (Å²) >= 11 is 0. The number of aromatic nitrogens is 1. The van der Waals surface area contributed by atoms with Crippen LogP contribution in [0.1, 0.15) is 55.8 Å². The lowest BCUT2D eigenvalue weighted by Gasteiger charge is -2.25. The first-order valence-electron chi connectivity index (χ1n) is 8.88. The van der Waals surface area contributed by atoms with Gasteiger partial charge in [0.15, 0.2) is 5.78 Å². The molecular weight excluding hydrogens is 300 g/mol. The third-order valence-electron chi connectivity index (χ3n) is 4.92. The van der Waals surface area contributed by atoms with E-state index in [0.29, 0.717) is 12.0 Å². The third-order valence-corrected chi connectivity index (χ3v) is 4.92. The normalized spacial score (nSPS) is 16.7. The first-order valence-corrected chi connectivity index (χ1v) is 8.88. The number of fused-ring (bicyclic) bond motifs is 1. The quantitative estimate of drug-likeness (QED) is 0.907. The number of hydrogen-bond donors (Lipinski definition) is 1. The predicted octanol–water partition coefficient (Wildman–Crippen LogP) is 3.89. The van der Waals surface area contributed by atoms with Crippen LogP contribution in [0.2, 0.25) is 0 Å². The minimum Gasteiger partial charge on any atom is -0.342 e. The van der Waals surface area contributed by atoms with Gasteiger partial charge in [0.1, 0.15) is 0 Å². The lowest BCUT2D eigenvalue weighted by atomic mass is 9.83. The summed E-state index contributed by atoms with van der Waals surface area (Å²) in [5, 5.41) is 3.84. The molecule has 24 heavy (non-hydrogen) atoms. The molecule has 2 aromatic rings. The predicted molar refractivity (Wildman–Crippen MR) is 94.9 cm³/mol. The Kier molecular flexibility index (Phi) is 5.24. The smallest absolute Gasteiger partial charge is 0.253 e. The first-order chi connectivity index (χ1) is 11.7. The molecular formula is C20H24N2O2. The maximum atomic E-state index is 12.7. The van der Waals surface area contributed by atoms with E-state index in [9.17, 15) is 9.59 Å². The van der Waals surface area contributed by atoms with E-state index >= 15 is 0 Å². The van der Waals surface area contributed by atoms with E-state index in [1.807, 2.05) is 37.3 Å². The molecule has 4 nitrogen and oxygen atoms in total. The van der Waals surface area contributed by atoms with E-state index in [4.69, 9.17) is 0 Å². The van der Waals surface area contributed by atoms with E-state index in [1.54, 1.807) is 6.20 Å². The van der Waals surface area contributed by atoms with Gasteiger partial charge in [-0.1, -0.05) is 44.4 Å². The number of rotatable bonds is 5. The standard InChI is InChI=1S/C20H24N2O2/c1-2-17(19(23)14-8-4-3-5-9-14)22-20(24)16-12-15-10-6-7-11-18(15)21-13-16/h6-7,10-14,17H,2-5,8-9H2,1H3,(H,22,24). The average Bonchev–Trinajstić information content (AvgIpc) is 2.65. The third kappa shape index (κ3) is 3.64. The zero-order valence-corrected chi connectivity index (χ0v) is 14.1. The molecule has 1 N–H and O–H groups in total. The minimum absolute atomic E-state index is 0.110. The zero-order valence-electron chi connectivity index (χ0n) is 14.1. The van der Waals surface area contributed by atoms with Crippen molar-refractivity contribution in [2.75, 3.05) is 0 Å². The van der Waals surface area contributed by atoms with Crippen molar-refractivity contribution < 1.29 is 9.59 Å². The highest BCUT2D eigenvalue weighted by molar-refractivity contribution is 6.00. The maximum Gasteiger partial charge on any atom is 0.253 e. The molecule has 3 rings (SSSR count). The molecule has 0 bridgehead atoms. The second-order valence-corrected chi connectivity index (χ2v) is 6.59. The number of carbonyl (C=O) groups excluding carboxylic acids is 2. The molecule has 0 spiro atoms. The molecule has 1 aromatic carbocycles. The summed E-state index contributed by atoms with van der Waals surface area (Å²) in [4.78, 5) is 29.5. The van der Waals surface area contributed by atoms with Crippen LogP contribution < -0.4 is 5.32 Å². The van der Waals surface area contributed by atoms with Gasteiger partial charge in [0, 0.05) is 17.5 Å². The second-order valence-electron chi connectivity index (χ2n) is 6.59. The topological polar surface area (TPSA) is 59.1 Å². The second kappa shape index (κ2) is 7.56. The Hall–Kier alpha value is -2.23. The Morgan fingerprint density at radius 1 is 1.21 bits per heavy atom. The van der Waals surface area contributed by atoms with Gasteiger partial charge in [-0.15, -0.1) is 0 Å². The highest BCUT2D eigenvalue weighted by Gasteiger charge is 2.28. The summed E-state index contributed by atoms with van der Waals surface area (Å²) in [6.07, 6.45) is 7.59. The highest BCUT2D eigenvalue weighted by atomic mass is 16.2. The molecule has 1 fully saturated rings. The molecule has 1 unspecified atom stereocenters. The fourth-order valence-corrected chi connectivity index (χ4v) is 3.48. The number of carbonyl (C=O) groups is 2. The van der Waals surface area contributed by atoms with Crippen molar-refractivity contribution in [3.05, 3.63) is 42.1 Å². The van der Waals surface area contributed by atoms with Crippen LogP contribution >= 0.6 is 0 Å². The number of Topliss-reactive ketones (excluding diaryl/α,β-unsaturated/α-hetero) is 1. The lowest BCUT2D eigenvalue weighted by Crippen LogP contribution is -2.43. The maximum absolute atomic E-state index is 12.7. The van der Waals surface area contributed by atoms with Gasteiger partial charge in [0.05, 0.1) is 17.1 Å². The summed E-state index contributed by atoms with van der Waals surface area (Å²) in [7, 11) is 0. The summed E-state index contributed by atoms with van der Waals surface area (Å²) in [5.41, 5.74) is 1.36. The first kappa shape index (κ1) is 16.6. The number of benzene rings is 1. The van der Waals surface area contributed by atoms with E-state index in [0.717, 1.165) is 36.6 Å². The number of ketones is 1. The molecule has 4 heteroatoms. The molecule has 1 aromatic heterocycles. The van der Waals surface area contributed by atoms with Crippen molar-refractivity contribution in [1.29, 1.82) is 0 Å². The fraction of sp³-hybridized carbons (Fsp3) is 0.450. The molecule has 126 valence electrons. The lowest BCUT2D eigenvalue weighted by molar-refractivity contribution is -0.125. The molecule has 0 saturated heterocycles. The Morgan fingerprint density at radius 3 is 2.71 bits per heavy atom. The number of amides is 1. The molecule has 0 aliphatic heterocycles. The van der Waals surface area contributed by atoms with Crippen LogP contribution in [0.5, 0.6) is 0 Å². The molecule has 1 aliphatic carbocycles. The molecule has 1 aliphatic rings. The van der Waals surface area contributed by atoms with Crippen LogP contribution in [0.4, 0.5) is 0 Å². The van der Waals surface area contributed by atoms with E-state index in [2.05, 4.69) is 10.3 Å². The van der Waals surface area contributed by atoms with Crippen LogP contribution in [0.25, 0.3) is 10.9 Å². The molecule has 1 amide bonds. The van der Waals surface area contributed by atoms with Gasteiger partial charge >= 0.3 is 0 Å². The summed E-state index contributed by atoms with van der Waals surface area (Å²) in [6, 6.07) is 9.13. The van der Waals surface area contributed by atoms with Crippen molar-refractivity contribution >= 4 is 22.6 Å². The summed E-state index contributed by atoms with van der Waals surface area (Å²) in [6.45, 7) is 1.95. The number of nitrogens with one attached hydrogen (secondary N) is 1. The molecule has 1 heterocycles. The van der Waals surface area contributed by atoms with E-state index < -0.39 is 6.04 Å². The highest BCUT2D eigenvalue weighted by Crippen LogP contribution is 2.26. The van der Waals surface area contributed by atoms with E-state index in [-0.39, 0.29) is 17.6 Å². The van der Waals surface area contributed by atoms with Crippen LogP contribution in [0.15, 0.2) is 36.5 Å². The van der Waals surface area contributed by atoms with Gasteiger partial charge in [-0.2, -0.15) is 0 Å². The Balaban J connectivity index is 1.71. The van der Waals surface area contributed by atoms with Gasteiger partial charge < -0.3 is 5.32 Å². The van der Waals surface area contributed by atoms with Gasteiger partial charge in [0.2, 0.25) is 0 Å². The van der Waals surface area contributed by atoms with Gasteiger partial charge in [-0.3, -0.25) is 14.6 Å². The minimum atomic E-state index is -0.396. The van der Waals surface area contributed by atoms with Crippen LogP contribution in [0.3, 0.4) is 0 Å². The molecule has 1 atom stereocenters. The number of nitrogens with zero attached hydrogens (tertiary/aromatic N) is 1. The van der Waals surface area contributed by atoms with Crippen LogP contribution in [-0.2, 0) is 4.79 Å². The van der Waals surface area contributed by atoms with Gasteiger partial charge in [0.25, 0.3) is 5.91 Å². The molecule has 1 saturated carbocycles. The van der Waals surface area contributed by atoms with Crippen molar-refractivity contribution in [3.63, 3.8) is 0 Å². The number of pyridine rings is 1. The Labute approximate surface area is 142 Å². The fourth-order valence-electron chi connectivity index (χ4n) is 3.48. The largest absolute Gasteiger partial charge is 0.342 e. The van der Waals surface area contributed by atoms with Gasteiger partial charge in [-0.25, -0.2) is 0 Å². The number of para-hydroxylation sites is 1. The zero-order chi connectivity index (χ0) is 16.9. The summed E-state index contributed by atoms with van der Waals surface area (Å²) < 4.78 is 0. The Bertz CT molecular complexity index is 735. The molecule has 0 radical (unpaired) electrons. The summed E-state index contributed by atoms with van der Waals surface area (Å²) in [5.74, 6) is 0.0855. The monoisotopic (exact) mass is 324 g/mol. The Morgan fingerprint density at radius 2 is 1.96 bits per heavy atom. The SMILES string of the molecule is CCC(NC(=O)c1cnc2ccccc2c1)C(=O)C1CCCCC1. The van der Waals surface area contributed by atoms with Crippen LogP contribution in [0, 0.1) is 5.92 Å². The average molecular weight is 324 g/mol. The van der Waals surface area contributed by atoms with Crippen molar-refractivity contribution in [2.45, 2.75) is 51.5 Å². The van der Waals surface area contributed by atoms with Crippen molar-refractivity contribution in [3.8, 4) is 0 Å². The van der Waals surface area contributed by atoms with Gasteiger partial charge in [-0.05, 0) is 31.4 Å². The van der Waals surface area contributed by atoms with Crippen molar-refractivity contribution in [2.24, 2.45) is 5.92 Å². The van der Waals surface area contributed by atoms with Crippen LogP contribution in [-0.4, -0.2) is 22.7 Å². The number of hydrogen-bond acceptors (Lipinski definition) is 3. The van der Waals surface area contributed by atoms with E-state index in [1.165, 1.54) is 6.42 Å².